The van der Waals surface area contributed by atoms with Gasteiger partial charge in [-0.1, -0.05) is 12.1 Å². The van der Waals surface area contributed by atoms with Gasteiger partial charge in [0.15, 0.2) is 0 Å². The number of fused-ring (bicyclic) bond motifs is 1. The fourth-order valence-corrected chi connectivity index (χ4v) is 2.56. The van der Waals surface area contributed by atoms with Gasteiger partial charge < -0.3 is 9.84 Å². The summed E-state index contributed by atoms with van der Waals surface area (Å²) in [6, 6.07) is 7.14. The maximum absolute atomic E-state index is 11.7. The molecule has 0 bridgehead atoms. The minimum Gasteiger partial charge on any atom is -0.469 e. The summed E-state index contributed by atoms with van der Waals surface area (Å²) in [5.41, 5.74) is 1.14. The number of methoxy groups -OCH3 is 1. The van der Waals surface area contributed by atoms with Crippen molar-refractivity contribution in [3.8, 4) is 6.07 Å². The van der Waals surface area contributed by atoms with Gasteiger partial charge in [0.25, 0.3) is 0 Å². The second kappa shape index (κ2) is 4.52. The zero-order valence-corrected chi connectivity index (χ0v) is 11.1. The number of aliphatic hydroxyl groups is 1. The molecule has 0 fully saturated rings. The first-order valence-corrected chi connectivity index (χ1v) is 5.98. The zero-order valence-electron chi connectivity index (χ0n) is 11.1. The molecule has 0 saturated carbocycles. The summed E-state index contributed by atoms with van der Waals surface area (Å²) in [4.78, 5) is 11.7. The van der Waals surface area contributed by atoms with Crippen molar-refractivity contribution in [2.45, 2.75) is 19.4 Å². The lowest BCUT2D eigenvalue weighted by molar-refractivity contribution is -0.152. The summed E-state index contributed by atoms with van der Waals surface area (Å²) < 4.78 is 4.72. The maximum Gasteiger partial charge on any atom is 0.312 e. The molecule has 0 spiro atoms. The molecule has 19 heavy (non-hydrogen) atoms. The molecule has 4 nitrogen and oxygen atoms in total. The quantitative estimate of drug-likeness (QED) is 0.822. The SMILES string of the molecule is COC(=O)C(C)C1(O)C(C)=Cc2ccc(C#N)cc21. The third-order valence-corrected chi connectivity index (χ3v) is 3.75. The van der Waals surface area contributed by atoms with Crippen molar-refractivity contribution in [1.82, 2.24) is 0 Å². The van der Waals surface area contributed by atoms with Crippen LogP contribution >= 0.6 is 0 Å². The molecule has 1 aromatic carbocycles. The van der Waals surface area contributed by atoms with Crippen LogP contribution in [0.25, 0.3) is 6.08 Å². The van der Waals surface area contributed by atoms with Gasteiger partial charge in [-0.05, 0) is 42.7 Å². The average Bonchev–Trinajstić information content (AvgIpc) is 2.69. The highest BCUT2D eigenvalue weighted by Gasteiger charge is 2.46. The van der Waals surface area contributed by atoms with Crippen molar-refractivity contribution < 1.29 is 14.6 Å². The van der Waals surface area contributed by atoms with Crippen molar-refractivity contribution in [3.05, 3.63) is 40.5 Å². The maximum atomic E-state index is 11.7. The molecule has 98 valence electrons. The third-order valence-electron chi connectivity index (χ3n) is 3.75. The largest absolute Gasteiger partial charge is 0.469 e. The van der Waals surface area contributed by atoms with Gasteiger partial charge in [0.1, 0.15) is 5.60 Å². The highest BCUT2D eigenvalue weighted by Crippen LogP contribution is 2.45. The summed E-state index contributed by atoms with van der Waals surface area (Å²) in [5, 5.41) is 19.9. The highest BCUT2D eigenvalue weighted by molar-refractivity contribution is 5.79. The Bertz CT molecular complexity index is 612. The van der Waals surface area contributed by atoms with Gasteiger partial charge in [0.05, 0.1) is 24.7 Å². The topological polar surface area (TPSA) is 70.3 Å². The van der Waals surface area contributed by atoms with Gasteiger partial charge in [-0.3, -0.25) is 4.79 Å². The first-order chi connectivity index (χ1) is 8.94. The summed E-state index contributed by atoms with van der Waals surface area (Å²) >= 11 is 0. The lowest BCUT2D eigenvalue weighted by Gasteiger charge is -2.31. The molecule has 0 radical (unpaired) electrons. The lowest BCUT2D eigenvalue weighted by Crippen LogP contribution is -2.38. The molecule has 1 aliphatic rings. The van der Waals surface area contributed by atoms with Crippen LogP contribution in [0.5, 0.6) is 0 Å². The molecule has 2 atom stereocenters. The number of carbonyl (C=O) groups is 1. The Morgan fingerprint density at radius 3 is 2.79 bits per heavy atom. The van der Waals surface area contributed by atoms with Crippen LogP contribution in [0.3, 0.4) is 0 Å². The van der Waals surface area contributed by atoms with Crippen molar-refractivity contribution in [3.63, 3.8) is 0 Å². The van der Waals surface area contributed by atoms with E-state index in [9.17, 15) is 9.90 Å². The van der Waals surface area contributed by atoms with Crippen molar-refractivity contribution in [2.75, 3.05) is 7.11 Å². The van der Waals surface area contributed by atoms with Gasteiger partial charge in [-0.2, -0.15) is 5.26 Å². The predicted octanol–water partition coefficient (Wildman–Crippen LogP) is 1.97. The van der Waals surface area contributed by atoms with Crippen molar-refractivity contribution in [2.24, 2.45) is 5.92 Å². The number of rotatable bonds is 2. The average molecular weight is 257 g/mol. The minimum atomic E-state index is -1.41. The Morgan fingerprint density at radius 1 is 1.53 bits per heavy atom. The second-order valence-electron chi connectivity index (χ2n) is 4.75. The number of hydrogen-bond acceptors (Lipinski definition) is 4. The van der Waals surface area contributed by atoms with E-state index in [4.69, 9.17) is 10.00 Å². The predicted molar refractivity (Wildman–Crippen MR) is 69.9 cm³/mol. The number of nitrogens with zero attached hydrogens (tertiary/aromatic N) is 1. The summed E-state index contributed by atoms with van der Waals surface area (Å²) in [7, 11) is 1.29. The third kappa shape index (κ3) is 1.83. The van der Waals surface area contributed by atoms with Gasteiger partial charge >= 0.3 is 5.97 Å². The molecule has 1 N–H and O–H groups in total. The number of esters is 1. The Labute approximate surface area is 111 Å². The Hall–Kier alpha value is -2.12. The van der Waals surface area contributed by atoms with Crippen LogP contribution in [-0.2, 0) is 15.1 Å². The molecule has 0 aromatic heterocycles. The van der Waals surface area contributed by atoms with E-state index < -0.39 is 17.5 Å². The normalized spacial score (nSPS) is 22.2. The van der Waals surface area contributed by atoms with E-state index in [-0.39, 0.29) is 0 Å². The van der Waals surface area contributed by atoms with Gasteiger partial charge in [-0.15, -0.1) is 0 Å². The molecule has 4 heteroatoms. The smallest absolute Gasteiger partial charge is 0.312 e. The van der Waals surface area contributed by atoms with Gasteiger partial charge in [-0.25, -0.2) is 0 Å². The Balaban J connectivity index is 2.58. The number of nitriles is 1. The van der Waals surface area contributed by atoms with E-state index >= 15 is 0 Å². The van der Waals surface area contributed by atoms with E-state index in [1.165, 1.54) is 7.11 Å². The molecular formula is C15H15NO3. The van der Waals surface area contributed by atoms with E-state index in [0.717, 1.165) is 5.56 Å². The van der Waals surface area contributed by atoms with Crippen LogP contribution in [0.4, 0.5) is 0 Å². The fraction of sp³-hybridized carbons (Fsp3) is 0.333. The number of carbonyl (C=O) groups excluding carboxylic acids is 1. The molecule has 0 amide bonds. The number of hydrogen-bond donors (Lipinski definition) is 1. The van der Waals surface area contributed by atoms with Crippen LogP contribution in [0.15, 0.2) is 23.8 Å². The van der Waals surface area contributed by atoms with Crippen LogP contribution < -0.4 is 0 Å². The monoisotopic (exact) mass is 257 g/mol. The molecule has 0 aliphatic heterocycles. The van der Waals surface area contributed by atoms with Gasteiger partial charge in [0, 0.05) is 0 Å². The van der Waals surface area contributed by atoms with Crippen LogP contribution in [0.1, 0.15) is 30.5 Å². The molecule has 0 saturated heterocycles. The summed E-state index contributed by atoms with van der Waals surface area (Å²) in [6.45, 7) is 3.39. The standard InChI is InChI=1S/C15H15NO3/c1-9-6-12-5-4-11(8-16)7-13(12)15(9,18)10(2)14(17)19-3/h4-7,10,18H,1-3H3. The molecule has 2 unspecified atom stereocenters. The Kier molecular flexibility index (Phi) is 3.17. The van der Waals surface area contributed by atoms with E-state index in [0.29, 0.717) is 16.7 Å². The second-order valence-corrected chi connectivity index (χ2v) is 4.75. The van der Waals surface area contributed by atoms with Crippen LogP contribution in [0.2, 0.25) is 0 Å². The summed E-state index contributed by atoms with van der Waals surface area (Å²) in [6.07, 6.45) is 1.83. The van der Waals surface area contributed by atoms with Gasteiger partial charge in [0.2, 0.25) is 0 Å². The molecule has 0 heterocycles. The van der Waals surface area contributed by atoms with Crippen LogP contribution in [0, 0.1) is 17.2 Å². The van der Waals surface area contributed by atoms with E-state index in [2.05, 4.69) is 0 Å². The minimum absolute atomic E-state index is 0.456. The molecule has 1 aliphatic carbocycles. The van der Waals surface area contributed by atoms with Crippen LogP contribution in [-0.4, -0.2) is 18.2 Å². The van der Waals surface area contributed by atoms with E-state index in [1.54, 1.807) is 32.0 Å². The summed E-state index contributed by atoms with van der Waals surface area (Å²) in [5.74, 6) is -1.21. The first-order valence-electron chi connectivity index (χ1n) is 5.98. The lowest BCUT2D eigenvalue weighted by atomic mass is 9.79. The number of ether oxygens (including phenoxy) is 1. The number of benzene rings is 1. The van der Waals surface area contributed by atoms with Crippen molar-refractivity contribution >= 4 is 12.0 Å². The zero-order chi connectivity index (χ0) is 14.2. The first kappa shape index (κ1) is 13.3. The fourth-order valence-electron chi connectivity index (χ4n) is 2.56. The highest BCUT2D eigenvalue weighted by atomic mass is 16.5. The Morgan fingerprint density at radius 2 is 2.21 bits per heavy atom. The van der Waals surface area contributed by atoms with E-state index in [1.807, 2.05) is 12.1 Å². The van der Waals surface area contributed by atoms with Crippen molar-refractivity contribution in [1.29, 1.82) is 5.26 Å². The molecular weight excluding hydrogens is 242 g/mol. The molecule has 2 rings (SSSR count). The molecule has 1 aromatic rings.